The molecule has 1 aromatic carbocycles. The van der Waals surface area contributed by atoms with E-state index in [-0.39, 0.29) is 36.8 Å². The second kappa shape index (κ2) is 14.3. The van der Waals surface area contributed by atoms with E-state index >= 15 is 0 Å². The van der Waals surface area contributed by atoms with Gasteiger partial charge < -0.3 is 29.7 Å². The van der Waals surface area contributed by atoms with Gasteiger partial charge in [0.05, 0.1) is 18.1 Å². The summed E-state index contributed by atoms with van der Waals surface area (Å²) in [6, 6.07) is 7.69. The predicted octanol–water partition coefficient (Wildman–Crippen LogP) is 3.46. The van der Waals surface area contributed by atoms with Crippen LogP contribution in [0.1, 0.15) is 77.4 Å². The van der Waals surface area contributed by atoms with Crippen LogP contribution in [-0.4, -0.2) is 88.1 Å². The number of hydrogen-bond donors (Lipinski definition) is 2. The molecule has 8 atom stereocenters. The molecule has 2 fully saturated rings. The number of esters is 1. The number of cyclic esters (lactones) is 1. The van der Waals surface area contributed by atoms with E-state index in [4.69, 9.17) is 9.47 Å². The molecule has 2 N–H and O–H groups in total. The third kappa shape index (κ3) is 6.45. The quantitative estimate of drug-likeness (QED) is 0.246. The van der Waals surface area contributed by atoms with Crippen molar-refractivity contribution in [1.82, 2.24) is 15.1 Å². The van der Waals surface area contributed by atoms with E-state index in [1.165, 1.54) is 0 Å². The molecule has 10 nitrogen and oxygen atoms in total. The van der Waals surface area contributed by atoms with Crippen molar-refractivity contribution in [3.05, 3.63) is 60.2 Å². The first-order valence-electron chi connectivity index (χ1n) is 16.5. The number of fused-ring (bicyclic) bond motifs is 2. The highest BCUT2D eigenvalue weighted by atomic mass is 16.6. The second-order valence-electron chi connectivity index (χ2n) is 12.8. The fourth-order valence-electron chi connectivity index (χ4n) is 7.47. The van der Waals surface area contributed by atoms with Crippen molar-refractivity contribution in [2.24, 2.45) is 11.8 Å². The van der Waals surface area contributed by atoms with Crippen LogP contribution in [0.3, 0.4) is 0 Å². The third-order valence-corrected chi connectivity index (χ3v) is 9.68. The molecule has 5 rings (SSSR count). The van der Waals surface area contributed by atoms with Gasteiger partial charge in [0, 0.05) is 32.2 Å². The molecule has 10 heteroatoms. The van der Waals surface area contributed by atoms with Crippen molar-refractivity contribution < 1.29 is 33.8 Å². The summed E-state index contributed by atoms with van der Waals surface area (Å²) in [5, 5.41) is 12.3. The Morgan fingerprint density at radius 3 is 2.58 bits per heavy atom. The number of amides is 3. The molecule has 1 spiro atoms. The van der Waals surface area contributed by atoms with Crippen molar-refractivity contribution in [2.45, 2.75) is 102 Å². The van der Waals surface area contributed by atoms with Crippen LogP contribution >= 0.6 is 0 Å². The number of allylic oxidation sites excluding steroid dienone is 1. The largest absolute Gasteiger partial charge is 0.455 e. The van der Waals surface area contributed by atoms with E-state index in [0.29, 0.717) is 38.8 Å². The number of aliphatic hydroxyl groups is 1. The highest BCUT2D eigenvalue weighted by molar-refractivity contribution is 5.99. The Balaban J connectivity index is 1.56. The highest BCUT2D eigenvalue weighted by Crippen LogP contribution is 2.56. The van der Waals surface area contributed by atoms with Gasteiger partial charge in [-0.3, -0.25) is 19.2 Å². The maximum atomic E-state index is 14.7. The summed E-state index contributed by atoms with van der Waals surface area (Å²) >= 11 is 0. The lowest BCUT2D eigenvalue weighted by molar-refractivity contribution is -0.161. The number of nitrogens with zero attached hydrogens (tertiary/aromatic N) is 2. The molecule has 4 aliphatic rings. The minimum atomic E-state index is -1.29. The second-order valence-corrected chi connectivity index (χ2v) is 12.8. The molecule has 0 aliphatic carbocycles. The van der Waals surface area contributed by atoms with E-state index in [1.807, 2.05) is 62.4 Å². The number of carbonyl (C=O) groups is 4. The summed E-state index contributed by atoms with van der Waals surface area (Å²) in [4.78, 5) is 59.5. The Kier molecular flexibility index (Phi) is 10.4. The predicted molar refractivity (Wildman–Crippen MR) is 167 cm³/mol. The Labute approximate surface area is 265 Å². The van der Waals surface area contributed by atoms with Crippen molar-refractivity contribution in [3.8, 4) is 0 Å². The van der Waals surface area contributed by atoms with Crippen LogP contribution in [0.5, 0.6) is 0 Å². The van der Waals surface area contributed by atoms with Crippen LogP contribution in [-0.2, 0) is 28.7 Å². The molecule has 0 saturated carbocycles. The molecule has 4 aliphatic heterocycles. The van der Waals surface area contributed by atoms with E-state index in [2.05, 4.69) is 12.2 Å². The van der Waals surface area contributed by atoms with Crippen molar-refractivity contribution in [3.63, 3.8) is 0 Å². The fourth-order valence-corrected chi connectivity index (χ4v) is 7.47. The minimum Gasteiger partial charge on any atom is -0.455 e. The fraction of sp³-hybridized carbons (Fsp3) is 0.600. The minimum absolute atomic E-state index is 0.0560. The number of likely N-dealkylation sites (tertiary alicyclic amines) is 1. The van der Waals surface area contributed by atoms with Crippen molar-refractivity contribution in [2.75, 3.05) is 19.7 Å². The van der Waals surface area contributed by atoms with Gasteiger partial charge in [0.15, 0.2) is 0 Å². The van der Waals surface area contributed by atoms with Crippen LogP contribution in [0.2, 0.25) is 0 Å². The number of hydrogen-bond acceptors (Lipinski definition) is 7. The van der Waals surface area contributed by atoms with Crippen molar-refractivity contribution >= 4 is 23.7 Å². The smallest absolute Gasteiger partial charge is 0.313 e. The monoisotopic (exact) mass is 621 g/mol. The van der Waals surface area contributed by atoms with Crippen LogP contribution in [0.4, 0.5) is 0 Å². The standard InChI is InChI=1S/C35H47N3O7/c1-4-14-23(2)37-20-11-6-10-17-27(40)36-24(3)30(25-15-8-5-9-16-25)44-34(43)28-26-18-19-35(45-26)29(28)32(41)38(31(35)33(37)42)21-12-7-13-22-39/h5-6,8-9,11,15-16,18-19,23-24,26,28-31,39H,4,7,10,12-14,17,20-22H2,1-3H3,(H,36,40)/b11-6-/t23?,24-,26+,28-,29-,30+,31+,35-/m1/s1. The first kappa shape index (κ1) is 32.9. The molecular weight excluding hydrogens is 574 g/mol. The van der Waals surface area contributed by atoms with Gasteiger partial charge >= 0.3 is 5.97 Å². The number of nitrogens with one attached hydrogen (secondary N) is 1. The Morgan fingerprint density at radius 2 is 1.84 bits per heavy atom. The Bertz CT molecular complexity index is 1300. The molecule has 4 heterocycles. The van der Waals surface area contributed by atoms with Gasteiger partial charge in [-0.15, -0.1) is 0 Å². The van der Waals surface area contributed by atoms with Gasteiger partial charge in [-0.1, -0.05) is 68.0 Å². The topological polar surface area (TPSA) is 125 Å². The molecule has 244 valence electrons. The van der Waals surface area contributed by atoms with Crippen LogP contribution in [0.25, 0.3) is 0 Å². The zero-order valence-corrected chi connectivity index (χ0v) is 26.6. The lowest BCUT2D eigenvalue weighted by Crippen LogP contribution is -2.57. The SMILES string of the molecule is CCCC(C)N1C/C=C\CCC(=O)N[C@H](C)[C@@H](c2ccccc2)OC(=O)[C@@H]2[C@@H]3C=C[C@]4(O3)[C@H](C1=O)N(CCCCCO)C(=O)[C@@H]24. The van der Waals surface area contributed by atoms with E-state index in [9.17, 15) is 24.3 Å². The lowest BCUT2D eigenvalue weighted by Gasteiger charge is -2.38. The molecule has 0 aromatic heterocycles. The zero-order chi connectivity index (χ0) is 32.1. The van der Waals surface area contributed by atoms with Crippen LogP contribution < -0.4 is 5.32 Å². The number of ether oxygens (including phenoxy) is 2. The first-order valence-corrected chi connectivity index (χ1v) is 16.5. The molecule has 45 heavy (non-hydrogen) atoms. The van der Waals surface area contributed by atoms with Gasteiger partial charge in [-0.05, 0) is 51.5 Å². The van der Waals surface area contributed by atoms with Crippen molar-refractivity contribution in [1.29, 1.82) is 0 Å². The maximum Gasteiger partial charge on any atom is 0.313 e. The molecule has 5 bridgehead atoms. The third-order valence-electron chi connectivity index (χ3n) is 9.68. The normalized spacial score (nSPS) is 33.2. The first-order chi connectivity index (χ1) is 21.7. The Hall–Kier alpha value is -3.50. The number of carbonyl (C=O) groups excluding carboxylic acids is 4. The van der Waals surface area contributed by atoms with E-state index < -0.39 is 47.7 Å². The highest BCUT2D eigenvalue weighted by Gasteiger charge is 2.73. The summed E-state index contributed by atoms with van der Waals surface area (Å²) in [6.07, 6.45) is 10.3. The summed E-state index contributed by atoms with van der Waals surface area (Å²) in [5.74, 6) is -3.11. The van der Waals surface area contributed by atoms with E-state index in [0.717, 1.165) is 18.4 Å². The average molecular weight is 622 g/mol. The van der Waals surface area contributed by atoms with Crippen LogP contribution in [0.15, 0.2) is 54.6 Å². The molecular formula is C35H47N3O7. The number of aliphatic hydroxyl groups excluding tert-OH is 1. The van der Waals surface area contributed by atoms with E-state index in [1.54, 1.807) is 15.9 Å². The molecule has 1 unspecified atom stereocenters. The molecule has 0 radical (unpaired) electrons. The van der Waals surface area contributed by atoms with Gasteiger partial charge in [0.1, 0.15) is 23.7 Å². The molecule has 1 aromatic rings. The maximum absolute atomic E-state index is 14.7. The molecule has 2 saturated heterocycles. The number of unbranched alkanes of at least 4 members (excludes halogenated alkanes) is 2. The lowest BCUT2D eigenvalue weighted by atomic mass is 9.74. The summed E-state index contributed by atoms with van der Waals surface area (Å²) in [7, 11) is 0. The van der Waals surface area contributed by atoms with Gasteiger partial charge in [0.2, 0.25) is 17.7 Å². The summed E-state index contributed by atoms with van der Waals surface area (Å²) in [6.45, 7) is 6.59. The summed E-state index contributed by atoms with van der Waals surface area (Å²) in [5.41, 5.74) is -0.564. The molecule has 3 amide bonds. The van der Waals surface area contributed by atoms with Gasteiger partial charge in [0.25, 0.3) is 0 Å². The Morgan fingerprint density at radius 1 is 1.07 bits per heavy atom. The average Bonchev–Trinajstić information content (AvgIpc) is 3.67. The van der Waals surface area contributed by atoms with Gasteiger partial charge in [-0.2, -0.15) is 0 Å². The van der Waals surface area contributed by atoms with Gasteiger partial charge in [-0.25, -0.2) is 0 Å². The number of rotatable bonds is 9. The summed E-state index contributed by atoms with van der Waals surface area (Å²) < 4.78 is 12.7. The number of benzene rings is 1. The van der Waals surface area contributed by atoms with Crippen LogP contribution in [0, 0.1) is 11.8 Å². The zero-order valence-electron chi connectivity index (χ0n) is 26.6.